The maximum absolute atomic E-state index is 2.37. The number of benzene rings is 4. The van der Waals surface area contributed by atoms with Gasteiger partial charge in [0.05, 0.1) is 0 Å². The van der Waals surface area contributed by atoms with E-state index in [0.29, 0.717) is 0 Å². The van der Waals surface area contributed by atoms with Crippen molar-refractivity contribution in [1.82, 2.24) is 0 Å². The van der Waals surface area contributed by atoms with Gasteiger partial charge in [0.15, 0.2) is 0 Å². The van der Waals surface area contributed by atoms with Crippen molar-refractivity contribution in [2.45, 2.75) is 0 Å². The second-order valence-corrected chi connectivity index (χ2v) is 8.57. The summed E-state index contributed by atoms with van der Waals surface area (Å²) in [5, 5.41) is 0. The van der Waals surface area contributed by atoms with Crippen LogP contribution in [-0.4, -0.2) is 0 Å². The first-order valence-corrected chi connectivity index (χ1v) is 11.7. The minimum absolute atomic E-state index is 1.23. The predicted octanol–water partition coefficient (Wildman–Crippen LogP) is 8.43. The number of hydrogen-bond acceptors (Lipinski definition) is 0. The Kier molecular flexibility index (Phi) is 5.26. The van der Waals surface area contributed by atoms with Crippen molar-refractivity contribution in [3.8, 4) is 0 Å². The zero-order valence-electron chi connectivity index (χ0n) is 18.9. The third-order valence-corrected chi connectivity index (χ3v) is 6.45. The van der Waals surface area contributed by atoms with Crippen LogP contribution in [0, 0.1) is 0 Å². The Morgan fingerprint density at radius 2 is 0.794 bits per heavy atom. The lowest BCUT2D eigenvalue weighted by Gasteiger charge is -2.13. The fraction of sp³-hybridized carbons (Fsp3) is 0. The molecule has 2 aliphatic rings. The maximum Gasteiger partial charge on any atom is -0.00326 e. The van der Waals surface area contributed by atoms with E-state index in [1.54, 1.807) is 0 Å². The van der Waals surface area contributed by atoms with E-state index in [1.165, 1.54) is 55.7 Å². The van der Waals surface area contributed by atoms with Gasteiger partial charge in [0.25, 0.3) is 0 Å². The van der Waals surface area contributed by atoms with Gasteiger partial charge in [0, 0.05) is 0 Å². The summed E-state index contributed by atoms with van der Waals surface area (Å²) in [6.45, 7) is 0. The van der Waals surface area contributed by atoms with Crippen LogP contribution in [-0.2, 0) is 0 Å². The van der Waals surface area contributed by atoms with E-state index in [-0.39, 0.29) is 0 Å². The van der Waals surface area contributed by atoms with Crippen molar-refractivity contribution in [2.24, 2.45) is 0 Å². The number of fused-ring (bicyclic) bond motifs is 1. The molecule has 0 heteroatoms. The van der Waals surface area contributed by atoms with Crippen LogP contribution in [0.15, 0.2) is 168 Å². The molecule has 0 unspecified atom stereocenters. The molecule has 0 saturated heterocycles. The number of allylic oxidation sites excluding steroid dienone is 8. The van der Waals surface area contributed by atoms with E-state index < -0.39 is 0 Å². The summed E-state index contributed by atoms with van der Waals surface area (Å²) in [6, 6.07) is 42.9. The average molecular weight is 433 g/mol. The molecule has 0 nitrogen and oxygen atoms in total. The third kappa shape index (κ3) is 3.70. The number of rotatable bonds is 4. The van der Waals surface area contributed by atoms with Gasteiger partial charge in [-0.2, -0.15) is 0 Å². The topological polar surface area (TPSA) is 0 Å². The molecule has 4 aromatic carbocycles. The zero-order valence-corrected chi connectivity index (χ0v) is 18.9. The first-order valence-electron chi connectivity index (χ1n) is 11.7. The average Bonchev–Trinajstić information content (AvgIpc) is 3.49. The SMILES string of the molecule is C1=CC(=C(c2ccccc2)c2ccccc2)C2=CC(=C(c3ccccc3)c3ccccc3)C=C12. The van der Waals surface area contributed by atoms with Crippen LogP contribution in [0.2, 0.25) is 0 Å². The molecule has 4 aromatic rings. The summed E-state index contributed by atoms with van der Waals surface area (Å²) in [4.78, 5) is 0. The van der Waals surface area contributed by atoms with Gasteiger partial charge in [-0.25, -0.2) is 0 Å². The van der Waals surface area contributed by atoms with Crippen molar-refractivity contribution < 1.29 is 0 Å². The molecular formula is C34H24. The Morgan fingerprint density at radius 3 is 1.24 bits per heavy atom. The van der Waals surface area contributed by atoms with Gasteiger partial charge >= 0.3 is 0 Å². The van der Waals surface area contributed by atoms with E-state index in [1.807, 2.05) is 0 Å². The summed E-state index contributed by atoms with van der Waals surface area (Å²) in [7, 11) is 0. The van der Waals surface area contributed by atoms with Gasteiger partial charge in [-0.1, -0.05) is 133 Å². The highest BCUT2D eigenvalue weighted by atomic mass is 14.3. The molecule has 2 aliphatic carbocycles. The minimum atomic E-state index is 1.23. The van der Waals surface area contributed by atoms with Crippen LogP contribution in [0.4, 0.5) is 0 Å². The monoisotopic (exact) mass is 432 g/mol. The van der Waals surface area contributed by atoms with Gasteiger partial charge < -0.3 is 0 Å². The Bertz CT molecular complexity index is 1390. The van der Waals surface area contributed by atoms with Crippen molar-refractivity contribution in [1.29, 1.82) is 0 Å². The summed E-state index contributed by atoms with van der Waals surface area (Å²) >= 11 is 0. The molecule has 6 rings (SSSR count). The first kappa shape index (κ1) is 20.2. The van der Waals surface area contributed by atoms with E-state index in [0.717, 1.165) is 0 Å². The van der Waals surface area contributed by atoms with Crippen LogP contribution in [0.1, 0.15) is 22.3 Å². The highest BCUT2D eigenvalue weighted by Crippen LogP contribution is 2.44. The molecule has 0 fully saturated rings. The van der Waals surface area contributed by atoms with Gasteiger partial charge in [0.1, 0.15) is 0 Å². The minimum Gasteiger partial charge on any atom is -0.0622 e. The van der Waals surface area contributed by atoms with Gasteiger partial charge in [-0.05, 0) is 67.8 Å². The molecule has 0 N–H and O–H groups in total. The summed E-state index contributed by atoms with van der Waals surface area (Å²) < 4.78 is 0. The lowest BCUT2D eigenvalue weighted by atomic mass is 9.90. The van der Waals surface area contributed by atoms with Gasteiger partial charge in [-0.15, -0.1) is 0 Å². The fourth-order valence-corrected chi connectivity index (χ4v) is 4.92. The van der Waals surface area contributed by atoms with Crippen molar-refractivity contribution >= 4 is 11.1 Å². The molecule has 0 radical (unpaired) electrons. The molecule has 0 amide bonds. The highest BCUT2D eigenvalue weighted by molar-refractivity contribution is 5.94. The van der Waals surface area contributed by atoms with E-state index in [2.05, 4.69) is 146 Å². The Labute approximate surface area is 201 Å². The van der Waals surface area contributed by atoms with Crippen LogP contribution >= 0.6 is 0 Å². The van der Waals surface area contributed by atoms with Crippen LogP contribution < -0.4 is 0 Å². The zero-order chi connectivity index (χ0) is 22.7. The van der Waals surface area contributed by atoms with Crippen molar-refractivity contribution in [3.63, 3.8) is 0 Å². The Balaban J connectivity index is 1.58. The number of hydrogen-bond donors (Lipinski definition) is 0. The molecule has 0 spiro atoms. The quantitative estimate of drug-likeness (QED) is 0.303. The van der Waals surface area contributed by atoms with E-state index in [4.69, 9.17) is 0 Å². The van der Waals surface area contributed by atoms with E-state index >= 15 is 0 Å². The second kappa shape index (κ2) is 8.84. The third-order valence-electron chi connectivity index (χ3n) is 6.45. The maximum atomic E-state index is 2.37. The summed E-state index contributed by atoms with van der Waals surface area (Å²) in [5.41, 5.74) is 12.6. The molecule has 160 valence electrons. The first-order chi connectivity index (χ1) is 16.9. The van der Waals surface area contributed by atoms with Crippen LogP contribution in [0.5, 0.6) is 0 Å². The highest BCUT2D eigenvalue weighted by Gasteiger charge is 2.25. The summed E-state index contributed by atoms with van der Waals surface area (Å²) in [5.74, 6) is 0. The molecule has 0 heterocycles. The van der Waals surface area contributed by atoms with Gasteiger partial charge in [0.2, 0.25) is 0 Å². The Hall–Kier alpha value is -4.42. The van der Waals surface area contributed by atoms with Crippen LogP contribution in [0.3, 0.4) is 0 Å². The normalized spacial score (nSPS) is 14.0. The molecule has 0 aromatic heterocycles. The molecule has 0 aliphatic heterocycles. The standard InChI is InChI=1S/C34H24/c1-5-13-25(14-6-1)33(26-15-7-2-8-16-26)30-23-29-21-22-31(32(29)24-30)34(27-17-9-3-10-18-27)28-19-11-4-12-20-28/h1-24H. The molecule has 0 bridgehead atoms. The molecule has 0 atom stereocenters. The molecular weight excluding hydrogens is 408 g/mol. The fourth-order valence-electron chi connectivity index (χ4n) is 4.92. The largest absolute Gasteiger partial charge is 0.0622 e. The summed E-state index contributed by atoms with van der Waals surface area (Å²) in [6.07, 6.45) is 9.23. The van der Waals surface area contributed by atoms with E-state index in [9.17, 15) is 0 Å². The smallest absolute Gasteiger partial charge is 0.00326 e. The second-order valence-electron chi connectivity index (χ2n) is 8.57. The van der Waals surface area contributed by atoms with Crippen LogP contribution in [0.25, 0.3) is 11.1 Å². The lowest BCUT2D eigenvalue weighted by molar-refractivity contribution is 1.49. The molecule has 34 heavy (non-hydrogen) atoms. The van der Waals surface area contributed by atoms with Crippen molar-refractivity contribution in [2.75, 3.05) is 0 Å². The lowest BCUT2D eigenvalue weighted by Crippen LogP contribution is -1.94. The predicted molar refractivity (Wildman–Crippen MR) is 143 cm³/mol. The van der Waals surface area contributed by atoms with Crippen molar-refractivity contribution in [3.05, 3.63) is 190 Å². The van der Waals surface area contributed by atoms with Gasteiger partial charge in [-0.3, -0.25) is 0 Å². The Morgan fingerprint density at radius 1 is 0.382 bits per heavy atom. The molecule has 0 saturated carbocycles.